The maximum atomic E-state index is 11.3. The van der Waals surface area contributed by atoms with E-state index in [1.807, 2.05) is 0 Å². The first-order valence-corrected chi connectivity index (χ1v) is 6.78. The zero-order chi connectivity index (χ0) is 12.1. The number of carbonyl (C=O) groups excluding carboxylic acids is 1. The van der Waals surface area contributed by atoms with Crippen molar-refractivity contribution in [3.8, 4) is 0 Å². The monoisotopic (exact) mass is 240 g/mol. The molecule has 2 aliphatic heterocycles. The van der Waals surface area contributed by atoms with Gasteiger partial charge in [-0.25, -0.2) is 0 Å². The molecular weight excluding hydrogens is 216 g/mol. The molecule has 0 aromatic carbocycles. The lowest BCUT2D eigenvalue weighted by Crippen LogP contribution is -2.38. The Morgan fingerprint density at radius 1 is 1.29 bits per heavy atom. The predicted octanol–water partition coefficient (Wildman–Crippen LogP) is 0.871. The summed E-state index contributed by atoms with van der Waals surface area (Å²) in [6.07, 6.45) is 4.26. The predicted molar refractivity (Wildman–Crippen MR) is 66.8 cm³/mol. The fourth-order valence-electron chi connectivity index (χ4n) is 2.83. The van der Waals surface area contributed by atoms with Gasteiger partial charge in [-0.05, 0) is 44.2 Å². The van der Waals surface area contributed by atoms with Gasteiger partial charge in [0.05, 0.1) is 6.61 Å². The van der Waals surface area contributed by atoms with E-state index in [2.05, 4.69) is 10.2 Å². The number of ether oxygens (including phenoxy) is 1. The molecular formula is C13H24N2O2. The maximum Gasteiger partial charge on any atom is 0.220 e. The molecule has 0 unspecified atom stereocenters. The molecule has 0 aromatic rings. The van der Waals surface area contributed by atoms with E-state index >= 15 is 0 Å². The highest BCUT2D eigenvalue weighted by Gasteiger charge is 2.24. The van der Waals surface area contributed by atoms with Crippen molar-refractivity contribution in [2.75, 3.05) is 39.9 Å². The van der Waals surface area contributed by atoms with Gasteiger partial charge in [0.25, 0.3) is 0 Å². The van der Waals surface area contributed by atoms with Crippen molar-refractivity contribution in [3.63, 3.8) is 0 Å². The van der Waals surface area contributed by atoms with E-state index in [0.29, 0.717) is 12.3 Å². The van der Waals surface area contributed by atoms with Crippen LogP contribution in [-0.4, -0.2) is 50.7 Å². The molecule has 2 saturated heterocycles. The van der Waals surface area contributed by atoms with Crippen LogP contribution in [0.3, 0.4) is 0 Å². The zero-order valence-corrected chi connectivity index (χ0v) is 10.8. The second-order valence-electron chi connectivity index (χ2n) is 5.35. The Kier molecular flexibility index (Phi) is 4.80. The van der Waals surface area contributed by atoms with Crippen LogP contribution < -0.4 is 5.32 Å². The smallest absolute Gasteiger partial charge is 0.220 e. The van der Waals surface area contributed by atoms with Gasteiger partial charge in [0.1, 0.15) is 0 Å². The summed E-state index contributed by atoms with van der Waals surface area (Å²) >= 11 is 0. The van der Waals surface area contributed by atoms with Crippen molar-refractivity contribution in [2.24, 2.45) is 11.8 Å². The molecule has 0 spiro atoms. The van der Waals surface area contributed by atoms with Gasteiger partial charge in [0.2, 0.25) is 5.91 Å². The molecule has 2 rings (SSSR count). The molecule has 1 atom stereocenters. The second-order valence-corrected chi connectivity index (χ2v) is 5.35. The summed E-state index contributed by atoms with van der Waals surface area (Å²) < 4.78 is 5.41. The SMILES string of the molecule is CNC(=O)CC1CCN(C[C@@H]2CCOC2)CC1. The first-order valence-electron chi connectivity index (χ1n) is 6.78. The molecule has 98 valence electrons. The van der Waals surface area contributed by atoms with Gasteiger partial charge in [-0.15, -0.1) is 0 Å². The number of hydrogen-bond donors (Lipinski definition) is 1. The molecule has 2 fully saturated rings. The van der Waals surface area contributed by atoms with Crippen molar-refractivity contribution < 1.29 is 9.53 Å². The maximum absolute atomic E-state index is 11.3. The van der Waals surface area contributed by atoms with E-state index in [9.17, 15) is 4.79 Å². The summed E-state index contributed by atoms with van der Waals surface area (Å²) in [5, 5.41) is 2.71. The van der Waals surface area contributed by atoms with Gasteiger partial charge < -0.3 is 15.0 Å². The van der Waals surface area contributed by atoms with Crippen molar-refractivity contribution >= 4 is 5.91 Å². The second kappa shape index (κ2) is 6.36. The van der Waals surface area contributed by atoms with E-state index in [4.69, 9.17) is 4.74 Å². The molecule has 4 heteroatoms. The molecule has 2 aliphatic rings. The largest absolute Gasteiger partial charge is 0.381 e. The third kappa shape index (κ3) is 3.96. The summed E-state index contributed by atoms with van der Waals surface area (Å²) in [7, 11) is 1.72. The minimum Gasteiger partial charge on any atom is -0.381 e. The normalized spacial score (nSPS) is 27.2. The number of likely N-dealkylation sites (tertiary alicyclic amines) is 1. The fourth-order valence-corrected chi connectivity index (χ4v) is 2.83. The first-order chi connectivity index (χ1) is 8.28. The number of amides is 1. The van der Waals surface area contributed by atoms with Gasteiger partial charge in [0.15, 0.2) is 0 Å². The Morgan fingerprint density at radius 2 is 2.06 bits per heavy atom. The number of nitrogens with zero attached hydrogens (tertiary/aromatic N) is 1. The van der Waals surface area contributed by atoms with Crippen LogP contribution in [0.1, 0.15) is 25.7 Å². The van der Waals surface area contributed by atoms with Crippen LogP contribution in [0.2, 0.25) is 0 Å². The van der Waals surface area contributed by atoms with Crippen molar-refractivity contribution in [1.29, 1.82) is 0 Å². The molecule has 4 nitrogen and oxygen atoms in total. The van der Waals surface area contributed by atoms with Gasteiger partial charge in [-0.3, -0.25) is 4.79 Å². The summed E-state index contributed by atoms with van der Waals surface area (Å²) in [6.45, 7) is 5.37. The summed E-state index contributed by atoms with van der Waals surface area (Å²) in [6, 6.07) is 0. The minimum absolute atomic E-state index is 0.188. The topological polar surface area (TPSA) is 41.6 Å². The average molecular weight is 240 g/mol. The summed E-state index contributed by atoms with van der Waals surface area (Å²) in [5.74, 6) is 1.52. The molecule has 0 saturated carbocycles. The van der Waals surface area contributed by atoms with Gasteiger partial charge in [0, 0.05) is 26.6 Å². The fraction of sp³-hybridized carbons (Fsp3) is 0.923. The molecule has 2 heterocycles. The van der Waals surface area contributed by atoms with E-state index in [-0.39, 0.29) is 5.91 Å². The molecule has 1 N–H and O–H groups in total. The van der Waals surface area contributed by atoms with Crippen LogP contribution in [0.25, 0.3) is 0 Å². The number of nitrogens with one attached hydrogen (secondary N) is 1. The molecule has 0 bridgehead atoms. The van der Waals surface area contributed by atoms with Crippen LogP contribution in [-0.2, 0) is 9.53 Å². The highest BCUT2D eigenvalue weighted by Crippen LogP contribution is 2.22. The van der Waals surface area contributed by atoms with E-state index in [0.717, 1.165) is 32.2 Å². The van der Waals surface area contributed by atoms with Crippen molar-refractivity contribution in [3.05, 3.63) is 0 Å². The molecule has 0 aliphatic carbocycles. The van der Waals surface area contributed by atoms with Crippen LogP contribution >= 0.6 is 0 Å². The average Bonchev–Trinajstić information content (AvgIpc) is 2.84. The molecule has 17 heavy (non-hydrogen) atoms. The lowest BCUT2D eigenvalue weighted by atomic mass is 9.92. The molecule has 1 amide bonds. The van der Waals surface area contributed by atoms with Gasteiger partial charge in [-0.1, -0.05) is 0 Å². The number of carbonyl (C=O) groups is 1. The lowest BCUT2D eigenvalue weighted by molar-refractivity contribution is -0.121. The Bertz CT molecular complexity index is 244. The van der Waals surface area contributed by atoms with Crippen molar-refractivity contribution in [2.45, 2.75) is 25.7 Å². The third-order valence-corrected chi connectivity index (χ3v) is 4.00. The number of hydrogen-bond acceptors (Lipinski definition) is 3. The summed E-state index contributed by atoms with van der Waals surface area (Å²) in [4.78, 5) is 13.8. The lowest BCUT2D eigenvalue weighted by Gasteiger charge is -2.32. The standard InChI is InChI=1S/C13H24N2O2/c1-14-13(16)8-11-2-5-15(6-3-11)9-12-4-7-17-10-12/h11-12H,2-10H2,1H3,(H,14,16)/t12-/m0/s1. The highest BCUT2D eigenvalue weighted by molar-refractivity contribution is 5.75. The van der Waals surface area contributed by atoms with Crippen LogP contribution in [0.5, 0.6) is 0 Å². The van der Waals surface area contributed by atoms with E-state index in [1.54, 1.807) is 7.05 Å². The van der Waals surface area contributed by atoms with Gasteiger partial charge in [-0.2, -0.15) is 0 Å². The molecule has 0 radical (unpaired) electrons. The van der Waals surface area contributed by atoms with Crippen LogP contribution in [0.4, 0.5) is 0 Å². The minimum atomic E-state index is 0.188. The Balaban J connectivity index is 1.65. The summed E-state index contributed by atoms with van der Waals surface area (Å²) in [5.41, 5.74) is 0. The number of piperidine rings is 1. The first kappa shape index (κ1) is 12.8. The van der Waals surface area contributed by atoms with Crippen LogP contribution in [0, 0.1) is 11.8 Å². The Labute approximate surface area is 104 Å². The molecule has 0 aromatic heterocycles. The Hall–Kier alpha value is -0.610. The number of rotatable bonds is 4. The van der Waals surface area contributed by atoms with Crippen molar-refractivity contribution in [1.82, 2.24) is 10.2 Å². The van der Waals surface area contributed by atoms with E-state index < -0.39 is 0 Å². The van der Waals surface area contributed by atoms with Crippen LogP contribution in [0.15, 0.2) is 0 Å². The third-order valence-electron chi connectivity index (χ3n) is 4.00. The Morgan fingerprint density at radius 3 is 2.65 bits per heavy atom. The zero-order valence-electron chi connectivity index (χ0n) is 10.8. The highest BCUT2D eigenvalue weighted by atomic mass is 16.5. The quantitative estimate of drug-likeness (QED) is 0.793. The van der Waals surface area contributed by atoms with Gasteiger partial charge >= 0.3 is 0 Å². The van der Waals surface area contributed by atoms with E-state index in [1.165, 1.54) is 25.8 Å².